The summed E-state index contributed by atoms with van der Waals surface area (Å²) in [6.07, 6.45) is 26.1. The van der Waals surface area contributed by atoms with Crippen LogP contribution in [-0.4, -0.2) is 44.5 Å². The third kappa shape index (κ3) is 19.0. The largest absolute Gasteiger partial charge is 0.478 e. The summed E-state index contributed by atoms with van der Waals surface area (Å²) in [5.74, 6) is -1.84. The van der Waals surface area contributed by atoms with Crippen LogP contribution in [0.1, 0.15) is 145 Å². The Hall–Kier alpha value is -2.54. The number of benzene rings is 2. The number of carbonyl (C=O) groups excluding carboxylic acids is 1. The van der Waals surface area contributed by atoms with Gasteiger partial charge in [0.1, 0.15) is 0 Å². The number of phenolic OH excluding ortho intramolecular Hbond substituents is 1. The van der Waals surface area contributed by atoms with E-state index in [2.05, 4.69) is 12.2 Å². The van der Waals surface area contributed by atoms with E-state index in [0.717, 1.165) is 18.1 Å². The molecule has 5 N–H and O–H groups in total. The molecule has 0 fully saturated rings. The number of aryl methyl sites for hydroxylation is 1. The summed E-state index contributed by atoms with van der Waals surface area (Å²) in [5.41, 5.74) is 1.55. The van der Waals surface area contributed by atoms with Gasteiger partial charge < -0.3 is 5.11 Å². The Balaban J connectivity index is 0.000000539. The molecular weight excluding hydrogens is 621 g/mol. The number of phenols is 1. The summed E-state index contributed by atoms with van der Waals surface area (Å²) in [6.45, 7) is 3.52. The first kappa shape index (κ1) is 39.5. The number of aromatic hydroxyl groups is 1. The van der Waals surface area contributed by atoms with E-state index in [0.29, 0.717) is 5.56 Å². The van der Waals surface area contributed by atoms with Gasteiger partial charge in [0.15, 0.2) is 0 Å². The molecule has 44 heavy (non-hydrogen) atoms. The van der Waals surface area contributed by atoms with Gasteiger partial charge in [-0.15, -0.1) is 0 Å². The van der Waals surface area contributed by atoms with Crippen molar-refractivity contribution in [3.8, 4) is 5.75 Å². The van der Waals surface area contributed by atoms with Gasteiger partial charge in [-0.1, -0.05) is 128 Å². The van der Waals surface area contributed by atoms with E-state index in [1.54, 1.807) is 6.07 Å². The van der Waals surface area contributed by atoms with Gasteiger partial charge in [0.2, 0.25) is 0 Å². The van der Waals surface area contributed by atoms with Crippen molar-refractivity contribution < 1.29 is 31.7 Å². The standard InChI is InChI=1S/C27H46O2.C8H10AsNO5/c1-2-3-4-5-6-7-8-9-10-11-12-13-14-15-16-17-18-19-21-25-22-20-23-26(24-25)27(28)29;1-5(11)10-7-4-2-3-6(8(7)12)9(13,14)15/h20,22-24H,2-19,21H2,1H3,(H,28,29);2-4,12H,1H3,(H,10,11)(H2,13,14,15). The maximum Gasteiger partial charge on any atom is 0.335 e. The molecule has 0 aliphatic carbocycles. The Kier molecular flexibility index (Phi) is 21.3. The van der Waals surface area contributed by atoms with E-state index in [1.807, 2.05) is 18.2 Å². The minimum atomic E-state index is -5.15. The number of aromatic carboxylic acids is 1. The second kappa shape index (κ2) is 23.8. The minimum Gasteiger partial charge on any atom is -0.478 e. The molecular formula is C35H56AsNO7. The Morgan fingerprint density at radius 2 is 1.16 bits per heavy atom. The van der Waals surface area contributed by atoms with Crippen molar-refractivity contribution in [2.75, 3.05) is 5.32 Å². The number of para-hydroxylation sites is 1. The zero-order chi connectivity index (χ0) is 32.6. The molecule has 0 aliphatic rings. The fraction of sp³-hybridized carbons (Fsp3) is 0.600. The van der Waals surface area contributed by atoms with Crippen molar-refractivity contribution in [1.82, 2.24) is 0 Å². The van der Waals surface area contributed by atoms with E-state index in [1.165, 1.54) is 135 Å². The van der Waals surface area contributed by atoms with Gasteiger partial charge in [-0.25, -0.2) is 4.79 Å². The molecule has 0 aromatic heterocycles. The minimum absolute atomic E-state index is 0.00951. The Morgan fingerprint density at radius 1 is 0.705 bits per heavy atom. The average molecular weight is 678 g/mol. The second-order valence-electron chi connectivity index (χ2n) is 11.7. The molecule has 2 aromatic rings. The molecule has 248 valence electrons. The van der Waals surface area contributed by atoms with Gasteiger partial charge >= 0.3 is 94.1 Å². The first-order valence-electron chi connectivity index (χ1n) is 16.5. The topological polar surface area (TPSA) is 144 Å². The predicted octanol–water partition coefficient (Wildman–Crippen LogP) is 7.88. The Bertz CT molecular complexity index is 1130. The Morgan fingerprint density at radius 3 is 1.59 bits per heavy atom. The van der Waals surface area contributed by atoms with E-state index >= 15 is 0 Å². The van der Waals surface area contributed by atoms with Crippen molar-refractivity contribution >= 4 is 36.1 Å². The van der Waals surface area contributed by atoms with Crippen LogP contribution in [0, 0.1) is 0 Å². The molecule has 0 unspecified atom stereocenters. The number of carboxylic acid groups (broad SMARTS) is 1. The summed E-state index contributed by atoms with van der Waals surface area (Å²) in [6, 6.07) is 11.2. The normalized spacial score (nSPS) is 11.1. The number of hydrogen-bond donors (Lipinski definition) is 5. The van der Waals surface area contributed by atoms with Crippen LogP contribution in [0.5, 0.6) is 5.75 Å². The number of hydrogen-bond acceptors (Lipinski definition) is 4. The first-order valence-corrected chi connectivity index (χ1v) is 19.9. The predicted molar refractivity (Wildman–Crippen MR) is 179 cm³/mol. The summed E-state index contributed by atoms with van der Waals surface area (Å²) < 4.78 is 28.4. The Labute approximate surface area is 267 Å². The molecule has 0 bridgehead atoms. The fourth-order valence-electron chi connectivity index (χ4n) is 5.15. The van der Waals surface area contributed by atoms with Gasteiger partial charge in [-0.3, -0.25) is 0 Å². The van der Waals surface area contributed by atoms with Gasteiger partial charge in [0, 0.05) is 0 Å². The van der Waals surface area contributed by atoms with E-state index < -0.39 is 36.1 Å². The number of rotatable bonds is 22. The molecule has 0 saturated heterocycles. The molecule has 0 atom stereocenters. The fourth-order valence-corrected chi connectivity index (χ4v) is 6.57. The number of carbonyl (C=O) groups is 2. The molecule has 0 aliphatic heterocycles. The molecule has 0 spiro atoms. The molecule has 0 radical (unpaired) electrons. The quantitative estimate of drug-likeness (QED) is 0.0485. The van der Waals surface area contributed by atoms with E-state index in [4.69, 9.17) is 13.3 Å². The molecule has 2 aromatic carbocycles. The second-order valence-corrected chi connectivity index (χ2v) is 15.0. The van der Waals surface area contributed by atoms with Gasteiger partial charge in [-0.2, -0.15) is 0 Å². The molecule has 1 amide bonds. The molecule has 2 rings (SSSR count). The van der Waals surface area contributed by atoms with E-state index in [-0.39, 0.29) is 5.69 Å². The molecule has 0 saturated carbocycles. The van der Waals surface area contributed by atoms with Crippen molar-refractivity contribution in [2.24, 2.45) is 0 Å². The zero-order valence-electron chi connectivity index (χ0n) is 26.9. The summed E-state index contributed by atoms with van der Waals surface area (Å²) in [4.78, 5) is 21.7. The summed E-state index contributed by atoms with van der Waals surface area (Å²) in [7, 11) is 0. The van der Waals surface area contributed by atoms with Gasteiger partial charge in [-0.05, 0) is 30.5 Å². The maximum absolute atomic E-state index is 11.0. The third-order valence-electron chi connectivity index (χ3n) is 7.63. The van der Waals surface area contributed by atoms with Crippen molar-refractivity contribution in [3.05, 3.63) is 53.6 Å². The number of unbranched alkanes of at least 4 members (excludes halogenated alkanes) is 17. The van der Waals surface area contributed by atoms with Crippen LogP contribution in [0.4, 0.5) is 5.69 Å². The van der Waals surface area contributed by atoms with Crippen LogP contribution in [0.3, 0.4) is 0 Å². The maximum atomic E-state index is 11.0. The van der Waals surface area contributed by atoms with Crippen molar-refractivity contribution in [1.29, 1.82) is 0 Å². The van der Waals surface area contributed by atoms with Crippen LogP contribution < -0.4 is 9.67 Å². The van der Waals surface area contributed by atoms with Gasteiger partial charge in [0.25, 0.3) is 0 Å². The smallest absolute Gasteiger partial charge is 0.335 e. The number of amides is 1. The average Bonchev–Trinajstić information content (AvgIpc) is 2.97. The third-order valence-corrected chi connectivity index (χ3v) is 9.71. The number of carboxylic acids is 1. The molecule has 9 heteroatoms. The zero-order valence-corrected chi connectivity index (χ0v) is 28.8. The number of nitrogens with one attached hydrogen (secondary N) is 1. The van der Waals surface area contributed by atoms with Gasteiger partial charge in [0.05, 0.1) is 5.56 Å². The van der Waals surface area contributed by atoms with E-state index in [9.17, 15) is 18.4 Å². The summed E-state index contributed by atoms with van der Waals surface area (Å²) in [5, 5.41) is 20.8. The van der Waals surface area contributed by atoms with Crippen LogP contribution >= 0.6 is 0 Å². The monoisotopic (exact) mass is 677 g/mol. The van der Waals surface area contributed by atoms with Crippen LogP contribution in [0.2, 0.25) is 0 Å². The molecule has 0 heterocycles. The van der Waals surface area contributed by atoms with Crippen molar-refractivity contribution in [2.45, 2.75) is 136 Å². The molecule has 8 nitrogen and oxygen atoms in total. The van der Waals surface area contributed by atoms with Crippen LogP contribution in [0.25, 0.3) is 0 Å². The summed E-state index contributed by atoms with van der Waals surface area (Å²) >= 11 is -5.15. The van der Waals surface area contributed by atoms with Crippen LogP contribution in [0.15, 0.2) is 42.5 Å². The number of anilines is 1. The van der Waals surface area contributed by atoms with Crippen molar-refractivity contribution in [3.63, 3.8) is 0 Å². The van der Waals surface area contributed by atoms with Crippen LogP contribution in [-0.2, 0) is 15.0 Å². The first-order chi connectivity index (χ1) is 21.1. The SMILES string of the molecule is CC(=O)Nc1cccc([As](=O)(O)O)c1O.CCCCCCCCCCCCCCCCCCCCc1cccc(C(=O)O)c1.